The second-order valence-electron chi connectivity index (χ2n) is 4.63. The van der Waals surface area contributed by atoms with Crippen LogP contribution < -0.4 is 11.3 Å². The van der Waals surface area contributed by atoms with Gasteiger partial charge in [0.05, 0.1) is 17.0 Å². The van der Waals surface area contributed by atoms with Crippen molar-refractivity contribution in [2.45, 2.75) is 27.2 Å². The highest BCUT2D eigenvalue weighted by Crippen LogP contribution is 2.23. The van der Waals surface area contributed by atoms with Gasteiger partial charge in [-0.3, -0.25) is 5.84 Å². The van der Waals surface area contributed by atoms with E-state index in [0.29, 0.717) is 11.4 Å². The van der Waals surface area contributed by atoms with Crippen LogP contribution in [-0.2, 0) is 6.42 Å². The van der Waals surface area contributed by atoms with Gasteiger partial charge in [0.25, 0.3) is 0 Å². The molecule has 4 nitrogen and oxygen atoms in total. The smallest absolute Gasteiger partial charge is 0.0937 e. The Morgan fingerprint density at radius 2 is 2.11 bits per heavy atom. The topological polar surface area (TPSA) is 53.6 Å². The zero-order valence-electron chi connectivity index (χ0n) is 12.0. The average Bonchev–Trinajstić information content (AvgIpc) is 2.40. The van der Waals surface area contributed by atoms with Gasteiger partial charge in [-0.15, -0.1) is 0 Å². The summed E-state index contributed by atoms with van der Waals surface area (Å²) >= 11 is 5.10. The van der Waals surface area contributed by atoms with Crippen LogP contribution in [0.4, 0.5) is 5.69 Å². The third-order valence-electron chi connectivity index (χ3n) is 3.06. The van der Waals surface area contributed by atoms with Gasteiger partial charge in [0.15, 0.2) is 0 Å². The lowest BCUT2D eigenvalue weighted by molar-refractivity contribution is 0.552. The predicted octanol–water partition coefficient (Wildman–Crippen LogP) is 2.25. The summed E-state index contributed by atoms with van der Waals surface area (Å²) < 4.78 is 0. The zero-order chi connectivity index (χ0) is 14.4. The third-order valence-corrected chi connectivity index (χ3v) is 3.32. The molecule has 0 saturated heterocycles. The van der Waals surface area contributed by atoms with Crippen molar-refractivity contribution in [2.75, 3.05) is 13.6 Å². The van der Waals surface area contributed by atoms with Gasteiger partial charge in [-0.05, 0) is 43.5 Å². The number of hydrazine groups is 1. The lowest BCUT2D eigenvalue weighted by atomic mass is 10.0. The molecule has 0 atom stereocenters. The summed E-state index contributed by atoms with van der Waals surface area (Å²) in [6.45, 7) is 7.15. The molecule has 0 saturated carbocycles. The highest BCUT2D eigenvalue weighted by Gasteiger charge is 2.06. The van der Waals surface area contributed by atoms with Crippen molar-refractivity contribution in [3.05, 3.63) is 28.8 Å². The SMILES string of the molecule is CCN(C)/C=N/c1cc(C)c(CC(=S)NN)cc1C. The standard InChI is InChI=1S/C14H22N4S/c1-5-18(4)9-16-13-7-10(2)12(6-11(13)3)8-14(19)17-15/h6-7,9H,5,8,15H2,1-4H3,(H,17,19)/b16-9+. The zero-order valence-corrected chi connectivity index (χ0v) is 12.8. The maximum atomic E-state index is 5.31. The Bertz CT molecular complexity index is 483. The summed E-state index contributed by atoms with van der Waals surface area (Å²) in [7, 11) is 2.01. The summed E-state index contributed by atoms with van der Waals surface area (Å²) in [5, 5.41) is 0. The van der Waals surface area contributed by atoms with Gasteiger partial charge in [0, 0.05) is 20.0 Å². The van der Waals surface area contributed by atoms with Crippen LogP contribution in [0.3, 0.4) is 0 Å². The molecule has 0 spiro atoms. The van der Waals surface area contributed by atoms with Crippen molar-refractivity contribution in [2.24, 2.45) is 10.8 Å². The van der Waals surface area contributed by atoms with E-state index in [4.69, 9.17) is 18.1 Å². The molecular formula is C14H22N4S. The molecule has 1 rings (SSSR count). The first-order chi connectivity index (χ1) is 8.97. The molecule has 0 amide bonds. The number of nitrogens with zero attached hydrogens (tertiary/aromatic N) is 2. The van der Waals surface area contributed by atoms with E-state index in [9.17, 15) is 0 Å². The Kier molecular flexibility index (Phi) is 5.92. The Balaban J connectivity index is 2.96. The van der Waals surface area contributed by atoms with Crippen molar-refractivity contribution in [1.29, 1.82) is 0 Å². The van der Waals surface area contributed by atoms with E-state index in [-0.39, 0.29) is 0 Å². The van der Waals surface area contributed by atoms with Crippen LogP contribution >= 0.6 is 12.2 Å². The van der Waals surface area contributed by atoms with Crippen LogP contribution in [0, 0.1) is 13.8 Å². The van der Waals surface area contributed by atoms with Gasteiger partial charge >= 0.3 is 0 Å². The highest BCUT2D eigenvalue weighted by molar-refractivity contribution is 7.80. The number of nitrogens with two attached hydrogens (primary N) is 1. The quantitative estimate of drug-likeness (QED) is 0.285. The first kappa shape index (κ1) is 15.6. The molecule has 5 heteroatoms. The van der Waals surface area contributed by atoms with Crippen molar-refractivity contribution in [3.63, 3.8) is 0 Å². The molecule has 0 fully saturated rings. The van der Waals surface area contributed by atoms with Crippen molar-refractivity contribution in [3.8, 4) is 0 Å². The monoisotopic (exact) mass is 278 g/mol. The Morgan fingerprint density at radius 3 is 2.68 bits per heavy atom. The van der Waals surface area contributed by atoms with Crippen LogP contribution in [0.25, 0.3) is 0 Å². The fourth-order valence-corrected chi connectivity index (χ4v) is 1.81. The molecule has 0 unspecified atom stereocenters. The summed E-state index contributed by atoms with van der Waals surface area (Å²) in [5.41, 5.74) is 7.01. The molecule has 104 valence electrons. The number of benzene rings is 1. The van der Waals surface area contributed by atoms with Crippen molar-refractivity contribution >= 4 is 29.2 Å². The van der Waals surface area contributed by atoms with Crippen LogP contribution in [0.1, 0.15) is 23.6 Å². The molecule has 0 aromatic heterocycles. The maximum absolute atomic E-state index is 5.31. The predicted molar refractivity (Wildman–Crippen MR) is 86.0 cm³/mol. The van der Waals surface area contributed by atoms with Gasteiger partial charge in [0.1, 0.15) is 0 Å². The van der Waals surface area contributed by atoms with Gasteiger partial charge in [-0.2, -0.15) is 0 Å². The van der Waals surface area contributed by atoms with E-state index < -0.39 is 0 Å². The lowest BCUT2D eigenvalue weighted by Crippen LogP contribution is -2.30. The number of aliphatic imine (C=N–C) groups is 1. The minimum absolute atomic E-state index is 0.643. The van der Waals surface area contributed by atoms with Gasteiger partial charge in [-0.25, -0.2) is 4.99 Å². The number of aryl methyl sites for hydroxylation is 2. The van der Waals surface area contributed by atoms with Gasteiger partial charge in [-0.1, -0.05) is 18.3 Å². The van der Waals surface area contributed by atoms with Crippen molar-refractivity contribution < 1.29 is 0 Å². The lowest BCUT2D eigenvalue weighted by Gasteiger charge is -2.12. The first-order valence-electron chi connectivity index (χ1n) is 6.32. The van der Waals surface area contributed by atoms with E-state index in [1.807, 2.05) is 18.3 Å². The average molecular weight is 278 g/mol. The van der Waals surface area contributed by atoms with Crippen LogP contribution in [0.15, 0.2) is 17.1 Å². The van der Waals surface area contributed by atoms with Gasteiger partial charge < -0.3 is 10.3 Å². The molecule has 0 radical (unpaired) electrons. The largest absolute Gasteiger partial charge is 0.366 e. The van der Waals surface area contributed by atoms with E-state index in [1.165, 1.54) is 11.1 Å². The molecule has 1 aromatic carbocycles. The molecular weight excluding hydrogens is 256 g/mol. The Hall–Kier alpha value is -1.46. The fraction of sp³-hybridized carbons (Fsp3) is 0.429. The van der Waals surface area contributed by atoms with Crippen LogP contribution in [0.5, 0.6) is 0 Å². The summed E-state index contributed by atoms with van der Waals surface area (Å²) in [4.78, 5) is 7.19. The first-order valence-corrected chi connectivity index (χ1v) is 6.72. The number of thiocarbonyl (C=S) groups is 1. The molecule has 1 aromatic rings. The Morgan fingerprint density at radius 1 is 1.42 bits per heavy atom. The fourth-order valence-electron chi connectivity index (χ4n) is 1.66. The molecule has 0 bridgehead atoms. The van der Waals surface area contributed by atoms with E-state index in [0.717, 1.165) is 17.8 Å². The minimum Gasteiger partial charge on any atom is -0.366 e. The summed E-state index contributed by atoms with van der Waals surface area (Å²) in [6.07, 6.45) is 2.52. The number of nitrogens with one attached hydrogen (secondary N) is 1. The highest BCUT2D eigenvalue weighted by atomic mass is 32.1. The number of hydrogen-bond donors (Lipinski definition) is 2. The maximum Gasteiger partial charge on any atom is 0.0937 e. The Labute approximate surface area is 120 Å². The second-order valence-corrected chi connectivity index (χ2v) is 5.12. The van der Waals surface area contributed by atoms with Crippen LogP contribution in [0.2, 0.25) is 0 Å². The number of hydrogen-bond acceptors (Lipinski definition) is 3. The molecule has 0 aliphatic heterocycles. The van der Waals surface area contributed by atoms with E-state index >= 15 is 0 Å². The molecule has 19 heavy (non-hydrogen) atoms. The molecule has 0 aliphatic carbocycles. The molecule has 0 aliphatic rings. The number of rotatable bonds is 5. The third kappa shape index (κ3) is 4.61. The van der Waals surface area contributed by atoms with E-state index in [2.05, 4.69) is 43.3 Å². The van der Waals surface area contributed by atoms with Gasteiger partial charge in [0.2, 0.25) is 0 Å². The van der Waals surface area contributed by atoms with Crippen molar-refractivity contribution in [1.82, 2.24) is 10.3 Å². The second kappa shape index (κ2) is 7.21. The van der Waals surface area contributed by atoms with Crippen LogP contribution in [-0.4, -0.2) is 29.8 Å². The summed E-state index contributed by atoms with van der Waals surface area (Å²) in [5.74, 6) is 5.31. The normalized spacial score (nSPS) is 10.8. The minimum atomic E-state index is 0.643. The van der Waals surface area contributed by atoms with E-state index in [1.54, 1.807) is 0 Å². The molecule has 3 N–H and O–H groups in total. The molecule has 0 heterocycles. The summed E-state index contributed by atoms with van der Waals surface area (Å²) in [6, 6.07) is 4.21.